The highest BCUT2D eigenvalue weighted by Gasteiger charge is 2.28. The van der Waals surface area contributed by atoms with Crippen LogP contribution in [-0.2, 0) is 0 Å². The van der Waals surface area contributed by atoms with Gasteiger partial charge < -0.3 is 15.2 Å². The molecule has 0 spiro atoms. The highest BCUT2D eigenvalue weighted by atomic mass is 16.2. The van der Waals surface area contributed by atoms with Gasteiger partial charge in [-0.2, -0.15) is 0 Å². The molecule has 1 aromatic heterocycles. The van der Waals surface area contributed by atoms with E-state index in [0.717, 1.165) is 22.4 Å². The minimum absolute atomic E-state index is 0.0177. The second-order valence-corrected chi connectivity index (χ2v) is 4.41. The van der Waals surface area contributed by atoms with E-state index in [1.807, 2.05) is 26.1 Å². The zero-order chi connectivity index (χ0) is 12.0. The maximum absolute atomic E-state index is 11.4. The maximum atomic E-state index is 11.4. The molecule has 1 unspecified atom stereocenters. The van der Waals surface area contributed by atoms with Crippen LogP contribution >= 0.6 is 0 Å². The van der Waals surface area contributed by atoms with Gasteiger partial charge in [0, 0.05) is 13.6 Å². The van der Waals surface area contributed by atoms with E-state index in [0.29, 0.717) is 6.54 Å². The number of carbonyl (C=O) groups is 1. The molecular formula is C12H14N4O. The molecule has 1 aromatic carbocycles. The number of imidazole rings is 1. The summed E-state index contributed by atoms with van der Waals surface area (Å²) >= 11 is 0. The summed E-state index contributed by atoms with van der Waals surface area (Å²) in [6.45, 7) is 2.60. The number of nitrogens with one attached hydrogen (secondary N) is 2. The van der Waals surface area contributed by atoms with Gasteiger partial charge in [-0.15, -0.1) is 0 Å². The van der Waals surface area contributed by atoms with Gasteiger partial charge in [-0.25, -0.2) is 9.78 Å². The summed E-state index contributed by atoms with van der Waals surface area (Å²) < 4.78 is 0. The second kappa shape index (κ2) is 3.48. The summed E-state index contributed by atoms with van der Waals surface area (Å²) in [7, 11) is 1.81. The average molecular weight is 230 g/mol. The molecule has 0 bridgehead atoms. The predicted molar refractivity (Wildman–Crippen MR) is 64.7 cm³/mol. The lowest BCUT2D eigenvalue weighted by Gasteiger charge is -2.17. The molecule has 3 rings (SSSR count). The molecule has 17 heavy (non-hydrogen) atoms. The molecule has 2 amide bonds. The van der Waals surface area contributed by atoms with Crippen molar-refractivity contribution in [2.75, 3.05) is 13.6 Å². The van der Waals surface area contributed by atoms with Gasteiger partial charge in [-0.1, -0.05) is 6.07 Å². The van der Waals surface area contributed by atoms with Gasteiger partial charge in [-0.05, 0) is 24.6 Å². The van der Waals surface area contributed by atoms with Crippen molar-refractivity contribution in [2.45, 2.75) is 13.0 Å². The van der Waals surface area contributed by atoms with E-state index in [1.54, 1.807) is 4.90 Å². The van der Waals surface area contributed by atoms with Crippen molar-refractivity contribution < 1.29 is 4.79 Å². The number of hydrogen-bond donors (Lipinski definition) is 2. The quantitative estimate of drug-likeness (QED) is 0.781. The fourth-order valence-corrected chi connectivity index (χ4v) is 2.29. The lowest BCUT2D eigenvalue weighted by atomic mass is 10.1. The van der Waals surface area contributed by atoms with E-state index in [4.69, 9.17) is 0 Å². The first-order chi connectivity index (χ1) is 8.15. The highest BCUT2D eigenvalue weighted by Crippen LogP contribution is 2.25. The Bertz CT molecular complexity index is 589. The number of likely N-dealkylation sites (N-methyl/N-ethyl adjacent to an activating group) is 1. The molecule has 1 saturated heterocycles. The zero-order valence-corrected chi connectivity index (χ0v) is 9.82. The Labute approximate surface area is 98.8 Å². The van der Waals surface area contributed by atoms with Gasteiger partial charge in [0.2, 0.25) is 0 Å². The second-order valence-electron chi connectivity index (χ2n) is 4.41. The van der Waals surface area contributed by atoms with Crippen molar-refractivity contribution in [3.63, 3.8) is 0 Å². The average Bonchev–Trinajstić information content (AvgIpc) is 2.81. The van der Waals surface area contributed by atoms with Crippen LogP contribution in [0.15, 0.2) is 18.2 Å². The van der Waals surface area contributed by atoms with E-state index in [9.17, 15) is 4.79 Å². The van der Waals surface area contributed by atoms with Crippen molar-refractivity contribution in [3.8, 4) is 0 Å². The van der Waals surface area contributed by atoms with Crippen molar-refractivity contribution >= 4 is 17.1 Å². The smallest absolute Gasteiger partial charge is 0.317 e. The van der Waals surface area contributed by atoms with Crippen molar-refractivity contribution in [3.05, 3.63) is 29.6 Å². The van der Waals surface area contributed by atoms with E-state index in [-0.39, 0.29) is 12.1 Å². The number of fused-ring (bicyclic) bond motifs is 1. The third-order valence-corrected chi connectivity index (χ3v) is 3.24. The standard InChI is InChI=1S/C12H14N4O/c1-7-14-9-4-3-8(5-10(9)15-7)11-6-13-12(17)16(11)2/h3-5,11H,6H2,1-2H3,(H,13,17)(H,14,15). The van der Waals surface area contributed by atoms with Gasteiger partial charge in [0.1, 0.15) is 5.82 Å². The molecule has 2 aromatic rings. The first-order valence-electron chi connectivity index (χ1n) is 5.62. The number of benzene rings is 1. The van der Waals surface area contributed by atoms with Gasteiger partial charge in [-0.3, -0.25) is 0 Å². The molecule has 0 radical (unpaired) electrons. The monoisotopic (exact) mass is 230 g/mol. The Balaban J connectivity index is 2.03. The fourth-order valence-electron chi connectivity index (χ4n) is 2.29. The van der Waals surface area contributed by atoms with Crippen LogP contribution in [-0.4, -0.2) is 34.5 Å². The van der Waals surface area contributed by atoms with E-state index in [2.05, 4.69) is 21.4 Å². The number of H-pyrrole nitrogens is 1. The number of urea groups is 1. The molecule has 1 aliphatic heterocycles. The number of nitrogens with zero attached hydrogens (tertiary/aromatic N) is 2. The Hall–Kier alpha value is -2.04. The van der Waals surface area contributed by atoms with Crippen LogP contribution < -0.4 is 5.32 Å². The van der Waals surface area contributed by atoms with Crippen LogP contribution in [0, 0.1) is 6.92 Å². The minimum atomic E-state index is -0.0177. The number of aromatic amines is 1. The van der Waals surface area contributed by atoms with Crippen LogP contribution in [0.3, 0.4) is 0 Å². The number of carbonyl (C=O) groups excluding carboxylic acids is 1. The Morgan fingerprint density at radius 1 is 1.47 bits per heavy atom. The number of amides is 2. The van der Waals surface area contributed by atoms with E-state index >= 15 is 0 Å². The Kier molecular flexibility index (Phi) is 2.07. The van der Waals surface area contributed by atoms with Crippen molar-refractivity contribution in [2.24, 2.45) is 0 Å². The van der Waals surface area contributed by atoms with Crippen LogP contribution in [0.5, 0.6) is 0 Å². The molecule has 2 heterocycles. The van der Waals surface area contributed by atoms with Crippen LogP contribution in [0.1, 0.15) is 17.4 Å². The molecule has 1 aliphatic rings. The maximum Gasteiger partial charge on any atom is 0.317 e. The molecule has 0 aliphatic carbocycles. The summed E-state index contributed by atoms with van der Waals surface area (Å²) in [6.07, 6.45) is 0. The molecule has 88 valence electrons. The molecule has 2 N–H and O–H groups in total. The molecule has 5 heteroatoms. The largest absolute Gasteiger partial charge is 0.342 e. The first kappa shape index (κ1) is 10.1. The molecule has 5 nitrogen and oxygen atoms in total. The fraction of sp³-hybridized carbons (Fsp3) is 0.333. The normalized spacial score (nSPS) is 20.0. The van der Waals surface area contributed by atoms with Crippen molar-refractivity contribution in [1.29, 1.82) is 0 Å². The van der Waals surface area contributed by atoms with E-state index < -0.39 is 0 Å². The lowest BCUT2D eigenvalue weighted by molar-refractivity contribution is 0.217. The predicted octanol–water partition coefficient (Wildman–Crippen LogP) is 1.57. The van der Waals surface area contributed by atoms with Crippen molar-refractivity contribution in [1.82, 2.24) is 20.2 Å². The number of rotatable bonds is 1. The van der Waals surface area contributed by atoms with Gasteiger partial charge in [0.25, 0.3) is 0 Å². The SMILES string of the molecule is Cc1nc2ccc(C3CNC(=O)N3C)cc2[nH]1. The summed E-state index contributed by atoms with van der Waals surface area (Å²) in [5, 5.41) is 2.83. The molecule has 1 fully saturated rings. The molecule has 0 saturated carbocycles. The first-order valence-corrected chi connectivity index (χ1v) is 5.62. The molecular weight excluding hydrogens is 216 g/mol. The van der Waals surface area contributed by atoms with Crippen LogP contribution in [0.25, 0.3) is 11.0 Å². The highest BCUT2D eigenvalue weighted by molar-refractivity contribution is 5.79. The Morgan fingerprint density at radius 3 is 3.00 bits per heavy atom. The summed E-state index contributed by atoms with van der Waals surface area (Å²) in [4.78, 5) is 20.7. The number of hydrogen-bond acceptors (Lipinski definition) is 2. The Morgan fingerprint density at radius 2 is 2.29 bits per heavy atom. The summed E-state index contributed by atoms with van der Waals surface area (Å²) in [6, 6.07) is 6.18. The minimum Gasteiger partial charge on any atom is -0.342 e. The lowest BCUT2D eigenvalue weighted by Crippen LogP contribution is -2.25. The van der Waals surface area contributed by atoms with Gasteiger partial charge in [0.05, 0.1) is 17.1 Å². The topological polar surface area (TPSA) is 61.0 Å². The van der Waals surface area contributed by atoms with Crippen LogP contribution in [0.4, 0.5) is 4.79 Å². The number of aryl methyl sites for hydroxylation is 1. The van der Waals surface area contributed by atoms with Gasteiger partial charge in [0.15, 0.2) is 0 Å². The van der Waals surface area contributed by atoms with E-state index in [1.165, 1.54) is 0 Å². The number of aromatic nitrogens is 2. The summed E-state index contributed by atoms with van der Waals surface area (Å²) in [5.41, 5.74) is 3.11. The van der Waals surface area contributed by atoms with Gasteiger partial charge >= 0.3 is 6.03 Å². The summed E-state index contributed by atoms with van der Waals surface area (Å²) in [5.74, 6) is 0.908. The third-order valence-electron chi connectivity index (χ3n) is 3.24. The zero-order valence-electron chi connectivity index (χ0n) is 9.82. The van der Waals surface area contributed by atoms with Crippen LogP contribution in [0.2, 0.25) is 0 Å². The third kappa shape index (κ3) is 1.54. The molecule has 1 atom stereocenters.